The number of methoxy groups -OCH3 is 2. The fourth-order valence-corrected chi connectivity index (χ4v) is 3.18. The largest absolute Gasteiger partial charge is 0.497 e. The first-order valence-electron chi connectivity index (χ1n) is 9.62. The Morgan fingerprint density at radius 2 is 2.06 bits per heavy atom. The third kappa shape index (κ3) is 4.79. The van der Waals surface area contributed by atoms with Gasteiger partial charge in [-0.15, -0.1) is 0 Å². The van der Waals surface area contributed by atoms with Gasteiger partial charge in [-0.1, -0.05) is 24.9 Å². The SMILES string of the molecule is COCNC(=O)N(S)c1ccc2ncc(-c3cnn(Cc4cccc(OC)c4)c3)nc2n1. The van der Waals surface area contributed by atoms with Gasteiger partial charge in [0.2, 0.25) is 0 Å². The second-order valence-corrected chi connectivity index (χ2v) is 7.17. The molecule has 0 aliphatic heterocycles. The van der Waals surface area contributed by atoms with Crippen LogP contribution in [0.3, 0.4) is 0 Å². The standard InChI is InChI=1S/C21H21N7O3S/c1-30-13-23-21(29)28(32)19-7-6-17-20(26-19)25-18(10-22-17)15-9-24-27(12-15)11-14-4-3-5-16(8-14)31-2/h3-10,12,32H,11,13H2,1-2H3,(H,23,29). The van der Waals surface area contributed by atoms with E-state index in [1.54, 1.807) is 31.6 Å². The number of urea groups is 1. The summed E-state index contributed by atoms with van der Waals surface area (Å²) in [5.41, 5.74) is 3.47. The maximum absolute atomic E-state index is 12.1. The lowest BCUT2D eigenvalue weighted by molar-refractivity contribution is 0.176. The monoisotopic (exact) mass is 451 g/mol. The van der Waals surface area contributed by atoms with Crippen molar-refractivity contribution in [2.24, 2.45) is 0 Å². The fourth-order valence-electron chi connectivity index (χ4n) is 3.00. The zero-order valence-corrected chi connectivity index (χ0v) is 18.4. The van der Waals surface area contributed by atoms with Gasteiger partial charge in [0.15, 0.2) is 5.65 Å². The molecule has 4 aromatic rings. The smallest absolute Gasteiger partial charge is 0.334 e. The van der Waals surface area contributed by atoms with Gasteiger partial charge in [-0.3, -0.25) is 9.67 Å². The van der Waals surface area contributed by atoms with Gasteiger partial charge in [0.05, 0.1) is 31.7 Å². The molecule has 4 rings (SSSR count). The van der Waals surface area contributed by atoms with Gasteiger partial charge in [-0.05, 0) is 29.8 Å². The first kappa shape index (κ1) is 21.5. The van der Waals surface area contributed by atoms with Crippen LogP contribution in [0.2, 0.25) is 0 Å². The number of benzene rings is 1. The summed E-state index contributed by atoms with van der Waals surface area (Å²) in [6.45, 7) is 0.652. The van der Waals surface area contributed by atoms with E-state index in [0.717, 1.165) is 21.2 Å². The molecule has 3 aromatic heterocycles. The van der Waals surface area contributed by atoms with Gasteiger partial charge in [0, 0.05) is 18.9 Å². The fraction of sp³-hybridized carbons (Fsp3) is 0.190. The molecule has 0 saturated carbocycles. The van der Waals surface area contributed by atoms with E-state index >= 15 is 0 Å². The van der Waals surface area contributed by atoms with Crippen molar-refractivity contribution in [1.29, 1.82) is 0 Å². The van der Waals surface area contributed by atoms with Crippen molar-refractivity contribution in [2.45, 2.75) is 6.54 Å². The molecule has 3 heterocycles. The topological polar surface area (TPSA) is 107 Å². The predicted octanol–water partition coefficient (Wildman–Crippen LogP) is 2.91. The highest BCUT2D eigenvalue weighted by molar-refractivity contribution is 7.82. The number of anilines is 1. The van der Waals surface area contributed by atoms with Crippen molar-refractivity contribution in [3.05, 3.63) is 60.6 Å². The molecule has 0 atom stereocenters. The molecule has 0 radical (unpaired) electrons. The Morgan fingerprint density at radius 1 is 1.19 bits per heavy atom. The highest BCUT2D eigenvalue weighted by atomic mass is 32.1. The summed E-state index contributed by atoms with van der Waals surface area (Å²) in [6, 6.07) is 10.7. The number of nitrogens with one attached hydrogen (secondary N) is 1. The Balaban J connectivity index is 1.56. The van der Waals surface area contributed by atoms with Gasteiger partial charge in [-0.2, -0.15) is 5.10 Å². The number of hydrogen-bond acceptors (Lipinski definition) is 8. The van der Waals surface area contributed by atoms with Gasteiger partial charge >= 0.3 is 6.03 Å². The number of thiol groups is 1. The molecule has 0 aliphatic carbocycles. The predicted molar refractivity (Wildman–Crippen MR) is 123 cm³/mol. The second-order valence-electron chi connectivity index (χ2n) is 6.77. The lowest BCUT2D eigenvalue weighted by Crippen LogP contribution is -2.35. The molecule has 0 unspecified atom stereocenters. The van der Waals surface area contributed by atoms with Crippen LogP contribution in [0.4, 0.5) is 10.6 Å². The maximum Gasteiger partial charge on any atom is 0.334 e. The normalized spacial score (nSPS) is 10.8. The first-order valence-corrected chi connectivity index (χ1v) is 10.0. The number of amides is 2. The van der Waals surface area contributed by atoms with E-state index in [9.17, 15) is 4.79 Å². The number of hydrogen-bond donors (Lipinski definition) is 2. The highest BCUT2D eigenvalue weighted by Gasteiger charge is 2.15. The van der Waals surface area contributed by atoms with Gasteiger partial charge in [0.25, 0.3) is 0 Å². The second kappa shape index (κ2) is 9.62. The molecule has 10 nitrogen and oxygen atoms in total. The van der Waals surface area contributed by atoms with Crippen molar-refractivity contribution >= 4 is 35.8 Å². The third-order valence-electron chi connectivity index (χ3n) is 4.58. The average Bonchev–Trinajstić information content (AvgIpc) is 3.29. The summed E-state index contributed by atoms with van der Waals surface area (Å²) in [5.74, 6) is 1.11. The number of fused-ring (bicyclic) bond motifs is 1. The number of carbonyl (C=O) groups is 1. The summed E-state index contributed by atoms with van der Waals surface area (Å²) in [5, 5.41) is 6.96. The maximum atomic E-state index is 12.1. The number of aromatic nitrogens is 5. The Morgan fingerprint density at radius 3 is 2.88 bits per heavy atom. The van der Waals surface area contributed by atoms with Gasteiger partial charge < -0.3 is 14.8 Å². The van der Waals surface area contributed by atoms with E-state index in [0.29, 0.717) is 29.2 Å². The zero-order valence-electron chi connectivity index (χ0n) is 17.5. The number of nitrogens with zero attached hydrogens (tertiary/aromatic N) is 6. The first-order chi connectivity index (χ1) is 15.6. The molecule has 11 heteroatoms. The molecule has 1 aromatic carbocycles. The Kier molecular flexibility index (Phi) is 6.47. The number of rotatable bonds is 7. The van der Waals surface area contributed by atoms with Crippen molar-refractivity contribution in [3.8, 4) is 17.0 Å². The molecule has 164 valence electrons. The van der Waals surface area contributed by atoms with Crippen LogP contribution in [-0.2, 0) is 11.3 Å². The Hall–Kier alpha value is -3.70. The van der Waals surface area contributed by atoms with Gasteiger partial charge in [-0.25, -0.2) is 19.1 Å². The Bertz CT molecular complexity index is 1250. The average molecular weight is 452 g/mol. The van der Waals surface area contributed by atoms with E-state index in [2.05, 4.69) is 38.2 Å². The molecule has 0 fully saturated rings. The number of carbonyl (C=O) groups excluding carboxylic acids is 1. The van der Waals surface area contributed by atoms with E-state index < -0.39 is 6.03 Å². The molecule has 0 saturated heterocycles. The molecule has 0 spiro atoms. The van der Waals surface area contributed by atoms with Crippen LogP contribution in [0.15, 0.2) is 55.0 Å². The molecule has 1 N–H and O–H groups in total. The van der Waals surface area contributed by atoms with Crippen molar-refractivity contribution < 1.29 is 14.3 Å². The van der Waals surface area contributed by atoms with Crippen LogP contribution >= 0.6 is 12.8 Å². The summed E-state index contributed by atoms with van der Waals surface area (Å²) < 4.78 is 13.0. The minimum atomic E-state index is -0.468. The summed E-state index contributed by atoms with van der Waals surface area (Å²) in [6.07, 6.45) is 5.28. The molecule has 0 bridgehead atoms. The summed E-state index contributed by atoms with van der Waals surface area (Å²) in [4.78, 5) is 25.5. The number of pyridine rings is 1. The lowest BCUT2D eigenvalue weighted by Gasteiger charge is -2.15. The molecular weight excluding hydrogens is 430 g/mol. The quantitative estimate of drug-likeness (QED) is 0.329. The summed E-state index contributed by atoms with van der Waals surface area (Å²) in [7, 11) is 3.12. The van der Waals surface area contributed by atoms with Crippen LogP contribution < -0.4 is 14.4 Å². The van der Waals surface area contributed by atoms with E-state index in [-0.39, 0.29) is 6.73 Å². The molecule has 2 amide bonds. The van der Waals surface area contributed by atoms with Crippen LogP contribution in [-0.4, -0.2) is 51.7 Å². The van der Waals surface area contributed by atoms with E-state index in [1.165, 1.54) is 7.11 Å². The highest BCUT2D eigenvalue weighted by Crippen LogP contribution is 2.22. The van der Waals surface area contributed by atoms with Crippen LogP contribution in [0, 0.1) is 0 Å². The molecule has 32 heavy (non-hydrogen) atoms. The minimum absolute atomic E-state index is 0.0627. The van der Waals surface area contributed by atoms with Crippen molar-refractivity contribution in [1.82, 2.24) is 30.0 Å². The minimum Gasteiger partial charge on any atom is -0.497 e. The van der Waals surface area contributed by atoms with Crippen LogP contribution in [0.25, 0.3) is 22.4 Å². The van der Waals surface area contributed by atoms with Crippen LogP contribution in [0.1, 0.15) is 5.56 Å². The Labute approximate surface area is 189 Å². The van der Waals surface area contributed by atoms with Crippen molar-refractivity contribution in [2.75, 3.05) is 25.3 Å². The van der Waals surface area contributed by atoms with E-state index in [4.69, 9.17) is 9.47 Å². The molecular formula is C21H21N7O3S. The number of ether oxygens (including phenoxy) is 2. The third-order valence-corrected chi connectivity index (χ3v) is 4.96. The molecule has 0 aliphatic rings. The van der Waals surface area contributed by atoms with Crippen molar-refractivity contribution in [3.63, 3.8) is 0 Å². The van der Waals surface area contributed by atoms with E-state index in [1.807, 2.05) is 35.1 Å². The summed E-state index contributed by atoms with van der Waals surface area (Å²) >= 11 is 4.21. The van der Waals surface area contributed by atoms with Gasteiger partial charge in [0.1, 0.15) is 23.8 Å². The zero-order chi connectivity index (χ0) is 22.5. The lowest BCUT2D eigenvalue weighted by atomic mass is 10.2. The van der Waals surface area contributed by atoms with Crippen LogP contribution in [0.5, 0.6) is 5.75 Å².